The molecule has 0 saturated carbocycles. The third kappa shape index (κ3) is 4.80. The molecule has 0 aliphatic rings. The van der Waals surface area contributed by atoms with Crippen LogP contribution in [0, 0.1) is 0 Å². The molecule has 0 aliphatic carbocycles. The van der Waals surface area contributed by atoms with Crippen LogP contribution in [0.3, 0.4) is 0 Å². The minimum Gasteiger partial charge on any atom is -0.497 e. The lowest BCUT2D eigenvalue weighted by atomic mass is 10.2. The fourth-order valence-corrected chi connectivity index (χ4v) is 3.50. The summed E-state index contributed by atoms with van der Waals surface area (Å²) in [5.74, 6) is 2.01. The van der Waals surface area contributed by atoms with E-state index in [0.29, 0.717) is 18.0 Å². The van der Waals surface area contributed by atoms with Crippen molar-refractivity contribution < 1.29 is 19.0 Å². The highest BCUT2D eigenvalue weighted by molar-refractivity contribution is 7.13. The van der Waals surface area contributed by atoms with Gasteiger partial charge in [0, 0.05) is 17.5 Å². The Balaban J connectivity index is 1.57. The summed E-state index contributed by atoms with van der Waals surface area (Å²) in [7, 11) is 4.81. The van der Waals surface area contributed by atoms with Crippen LogP contribution < -0.4 is 19.5 Å². The maximum absolute atomic E-state index is 12.3. The molecule has 7 heteroatoms. The summed E-state index contributed by atoms with van der Waals surface area (Å²) in [6, 6.07) is 13.3. The summed E-state index contributed by atoms with van der Waals surface area (Å²) >= 11 is 1.52. The van der Waals surface area contributed by atoms with Crippen LogP contribution >= 0.6 is 11.3 Å². The first kappa shape index (κ1) is 19.7. The Kier molecular flexibility index (Phi) is 6.49. The van der Waals surface area contributed by atoms with Crippen LogP contribution in [0.5, 0.6) is 17.2 Å². The van der Waals surface area contributed by atoms with Crippen molar-refractivity contribution in [2.24, 2.45) is 0 Å². The van der Waals surface area contributed by atoms with E-state index in [9.17, 15) is 4.79 Å². The predicted octanol–water partition coefficient (Wildman–Crippen LogP) is 3.69. The number of carbonyl (C=O) groups excluding carboxylic acids is 1. The van der Waals surface area contributed by atoms with Crippen molar-refractivity contribution in [3.63, 3.8) is 0 Å². The van der Waals surface area contributed by atoms with Gasteiger partial charge in [0.2, 0.25) is 5.91 Å². The number of hydrogen-bond donors (Lipinski definition) is 1. The lowest BCUT2D eigenvalue weighted by molar-refractivity contribution is -0.120. The van der Waals surface area contributed by atoms with Gasteiger partial charge in [0.15, 0.2) is 11.5 Å². The molecule has 1 heterocycles. The minimum absolute atomic E-state index is 0.0821. The molecule has 0 spiro atoms. The number of nitrogens with one attached hydrogen (secondary N) is 1. The first-order valence-electron chi connectivity index (χ1n) is 8.69. The molecule has 28 heavy (non-hydrogen) atoms. The monoisotopic (exact) mass is 398 g/mol. The molecule has 1 aromatic heterocycles. The Morgan fingerprint density at radius 2 is 1.75 bits per heavy atom. The third-order valence-corrected chi connectivity index (χ3v) is 5.11. The van der Waals surface area contributed by atoms with Gasteiger partial charge in [-0.3, -0.25) is 4.79 Å². The second-order valence-corrected chi connectivity index (χ2v) is 6.87. The second kappa shape index (κ2) is 9.23. The van der Waals surface area contributed by atoms with E-state index in [1.807, 2.05) is 47.8 Å². The number of ether oxygens (including phenoxy) is 3. The van der Waals surface area contributed by atoms with Crippen molar-refractivity contribution in [1.29, 1.82) is 0 Å². The number of benzene rings is 2. The van der Waals surface area contributed by atoms with E-state index in [-0.39, 0.29) is 12.3 Å². The molecule has 0 radical (unpaired) electrons. The highest BCUT2D eigenvalue weighted by Crippen LogP contribution is 2.28. The molecule has 3 rings (SSSR count). The molecule has 3 aromatic rings. The molecular formula is C21H22N2O4S. The van der Waals surface area contributed by atoms with Crippen molar-refractivity contribution in [2.45, 2.75) is 13.0 Å². The number of aromatic nitrogens is 1. The number of thiazole rings is 1. The molecule has 146 valence electrons. The van der Waals surface area contributed by atoms with Crippen LogP contribution in [-0.4, -0.2) is 32.2 Å². The summed E-state index contributed by atoms with van der Waals surface area (Å²) in [4.78, 5) is 16.8. The van der Waals surface area contributed by atoms with Gasteiger partial charge in [0.05, 0.1) is 33.4 Å². The van der Waals surface area contributed by atoms with Gasteiger partial charge >= 0.3 is 0 Å². The van der Waals surface area contributed by atoms with E-state index in [1.165, 1.54) is 11.3 Å². The number of hydrogen-bond acceptors (Lipinski definition) is 6. The van der Waals surface area contributed by atoms with Crippen molar-refractivity contribution >= 4 is 17.2 Å². The topological polar surface area (TPSA) is 69.7 Å². The smallest absolute Gasteiger partial charge is 0.226 e. The Morgan fingerprint density at radius 1 is 1.00 bits per heavy atom. The maximum atomic E-state index is 12.3. The molecular weight excluding hydrogens is 376 g/mol. The quantitative estimate of drug-likeness (QED) is 0.627. The van der Waals surface area contributed by atoms with Gasteiger partial charge in [-0.1, -0.05) is 6.07 Å². The second-order valence-electron chi connectivity index (χ2n) is 6.02. The molecule has 0 atom stereocenters. The van der Waals surface area contributed by atoms with Gasteiger partial charge in [0.1, 0.15) is 10.8 Å². The van der Waals surface area contributed by atoms with Gasteiger partial charge in [-0.05, 0) is 42.0 Å². The SMILES string of the molecule is COc1ccc(-c2nc(CC(=O)NCc3ccc(OC)c(OC)c3)cs2)cc1. The van der Waals surface area contributed by atoms with Gasteiger partial charge < -0.3 is 19.5 Å². The van der Waals surface area contributed by atoms with Crippen molar-refractivity contribution in [3.8, 4) is 27.8 Å². The van der Waals surface area contributed by atoms with Gasteiger partial charge in [0.25, 0.3) is 0 Å². The molecule has 0 bridgehead atoms. The normalized spacial score (nSPS) is 10.4. The van der Waals surface area contributed by atoms with E-state index in [4.69, 9.17) is 14.2 Å². The lowest BCUT2D eigenvalue weighted by Gasteiger charge is -2.10. The summed E-state index contributed by atoms with van der Waals surface area (Å²) in [5.41, 5.74) is 2.69. The third-order valence-electron chi connectivity index (χ3n) is 4.17. The molecule has 0 aliphatic heterocycles. The number of amides is 1. The Hall–Kier alpha value is -3.06. The van der Waals surface area contributed by atoms with Crippen molar-refractivity contribution in [1.82, 2.24) is 10.3 Å². The molecule has 2 aromatic carbocycles. The zero-order valence-electron chi connectivity index (χ0n) is 16.0. The van der Waals surface area contributed by atoms with E-state index < -0.39 is 0 Å². The van der Waals surface area contributed by atoms with Crippen LogP contribution in [0.15, 0.2) is 47.8 Å². The van der Waals surface area contributed by atoms with E-state index in [0.717, 1.165) is 27.6 Å². The first-order valence-corrected chi connectivity index (χ1v) is 9.57. The van der Waals surface area contributed by atoms with E-state index >= 15 is 0 Å². The summed E-state index contributed by atoms with van der Waals surface area (Å²) in [5, 5.41) is 5.71. The number of nitrogens with zero attached hydrogens (tertiary/aromatic N) is 1. The van der Waals surface area contributed by atoms with Crippen LogP contribution in [-0.2, 0) is 17.8 Å². The summed E-state index contributed by atoms with van der Waals surface area (Å²) < 4.78 is 15.7. The molecule has 1 N–H and O–H groups in total. The largest absolute Gasteiger partial charge is 0.497 e. The molecule has 0 fully saturated rings. The van der Waals surface area contributed by atoms with Gasteiger partial charge in [-0.25, -0.2) is 4.98 Å². The average molecular weight is 398 g/mol. The van der Waals surface area contributed by atoms with E-state index in [1.54, 1.807) is 21.3 Å². The van der Waals surface area contributed by atoms with Gasteiger partial charge in [-0.15, -0.1) is 11.3 Å². The highest BCUT2D eigenvalue weighted by atomic mass is 32.1. The Bertz CT molecular complexity index is 938. The maximum Gasteiger partial charge on any atom is 0.226 e. The number of carbonyl (C=O) groups is 1. The minimum atomic E-state index is -0.0821. The van der Waals surface area contributed by atoms with Crippen molar-refractivity contribution in [2.75, 3.05) is 21.3 Å². The first-order chi connectivity index (χ1) is 13.6. The zero-order valence-corrected chi connectivity index (χ0v) is 16.8. The average Bonchev–Trinajstić information content (AvgIpc) is 3.20. The van der Waals surface area contributed by atoms with Crippen molar-refractivity contribution in [3.05, 3.63) is 59.1 Å². The summed E-state index contributed by atoms with van der Waals surface area (Å²) in [6.45, 7) is 0.411. The Morgan fingerprint density at radius 3 is 2.43 bits per heavy atom. The van der Waals surface area contributed by atoms with Crippen LogP contribution in [0.1, 0.15) is 11.3 Å². The van der Waals surface area contributed by atoms with Gasteiger partial charge in [-0.2, -0.15) is 0 Å². The lowest BCUT2D eigenvalue weighted by Crippen LogP contribution is -2.24. The van der Waals surface area contributed by atoms with Crippen LogP contribution in [0.25, 0.3) is 10.6 Å². The predicted molar refractivity (Wildman–Crippen MR) is 109 cm³/mol. The number of methoxy groups -OCH3 is 3. The highest BCUT2D eigenvalue weighted by Gasteiger charge is 2.10. The number of rotatable bonds is 8. The molecule has 6 nitrogen and oxygen atoms in total. The molecule has 1 amide bonds. The van der Waals surface area contributed by atoms with Crippen LogP contribution in [0.2, 0.25) is 0 Å². The summed E-state index contributed by atoms with van der Waals surface area (Å²) in [6.07, 6.45) is 0.236. The standard InChI is InChI=1S/C21H22N2O4S/c1-25-17-7-5-15(6-8-17)21-23-16(13-28-21)11-20(24)22-12-14-4-9-18(26-2)19(10-14)27-3/h4-10,13H,11-12H2,1-3H3,(H,22,24). The van der Waals surface area contributed by atoms with Crippen LogP contribution in [0.4, 0.5) is 0 Å². The fourth-order valence-electron chi connectivity index (χ4n) is 2.67. The molecule has 0 unspecified atom stereocenters. The zero-order chi connectivity index (χ0) is 19.9. The fraction of sp³-hybridized carbons (Fsp3) is 0.238. The Labute approximate surface area is 168 Å². The van der Waals surface area contributed by atoms with E-state index in [2.05, 4.69) is 10.3 Å². The molecule has 0 saturated heterocycles.